The van der Waals surface area contributed by atoms with E-state index in [4.69, 9.17) is 0 Å². The molecule has 0 bridgehead atoms. The van der Waals surface area contributed by atoms with E-state index in [1.807, 2.05) is 18.5 Å². The van der Waals surface area contributed by atoms with Gasteiger partial charge in [-0.3, -0.25) is 4.79 Å². The van der Waals surface area contributed by atoms with E-state index >= 15 is 0 Å². The van der Waals surface area contributed by atoms with E-state index in [-0.39, 0.29) is 11.9 Å². The number of nitrogens with zero attached hydrogens (tertiary/aromatic N) is 1. The first-order chi connectivity index (χ1) is 7.65. The monoisotopic (exact) mass is 303 g/mol. The number of piperazine rings is 1. The van der Waals surface area contributed by atoms with Crippen molar-refractivity contribution in [3.63, 3.8) is 0 Å². The Labute approximate surface area is 107 Å². The summed E-state index contributed by atoms with van der Waals surface area (Å²) in [5.74, 6) is 0.0425. The Hall–Kier alpha value is -0.430. The fourth-order valence-corrected chi connectivity index (χ4v) is 2.98. The van der Waals surface area contributed by atoms with Crippen molar-refractivity contribution >= 4 is 38.2 Å². The van der Waals surface area contributed by atoms with E-state index in [1.165, 1.54) is 11.3 Å². The molecule has 1 aliphatic heterocycles. The van der Waals surface area contributed by atoms with Crippen molar-refractivity contribution in [3.8, 4) is 0 Å². The van der Waals surface area contributed by atoms with Gasteiger partial charge < -0.3 is 15.5 Å². The Balaban J connectivity index is 1.92. The largest absolute Gasteiger partial charge is 0.316 e. The summed E-state index contributed by atoms with van der Waals surface area (Å²) in [6, 6.07) is 1.80. The van der Waals surface area contributed by atoms with Gasteiger partial charge in [-0.25, -0.2) is 0 Å². The summed E-state index contributed by atoms with van der Waals surface area (Å²) in [6.07, 6.45) is 0. The first-order valence-electron chi connectivity index (χ1n) is 5.12. The second-order valence-electron chi connectivity index (χ2n) is 3.89. The van der Waals surface area contributed by atoms with Crippen LogP contribution in [0.4, 0.5) is 5.00 Å². The maximum atomic E-state index is 11.9. The van der Waals surface area contributed by atoms with Crippen molar-refractivity contribution in [2.45, 2.75) is 6.04 Å². The summed E-state index contributed by atoms with van der Waals surface area (Å²) in [7, 11) is 2.03. The highest BCUT2D eigenvalue weighted by atomic mass is 79.9. The van der Waals surface area contributed by atoms with Crippen molar-refractivity contribution in [1.82, 2.24) is 10.2 Å². The quantitative estimate of drug-likeness (QED) is 0.867. The Bertz CT molecular complexity index is 382. The fourth-order valence-electron chi connectivity index (χ4n) is 1.66. The SMILES string of the molecule is CN1CCNC(C(=O)Nc2cc(Br)cs2)C1. The lowest BCUT2D eigenvalue weighted by Crippen LogP contribution is -2.54. The van der Waals surface area contributed by atoms with Crippen LogP contribution in [0.5, 0.6) is 0 Å². The van der Waals surface area contributed by atoms with Crippen LogP contribution in [0.15, 0.2) is 15.9 Å². The number of nitrogens with one attached hydrogen (secondary N) is 2. The number of amides is 1. The zero-order valence-electron chi connectivity index (χ0n) is 9.00. The topological polar surface area (TPSA) is 44.4 Å². The summed E-state index contributed by atoms with van der Waals surface area (Å²) in [6.45, 7) is 2.62. The second kappa shape index (κ2) is 5.27. The number of thiophene rings is 1. The normalized spacial score (nSPS) is 22.0. The van der Waals surface area contributed by atoms with E-state index < -0.39 is 0 Å². The number of rotatable bonds is 2. The average molecular weight is 304 g/mol. The minimum Gasteiger partial charge on any atom is -0.316 e. The molecular formula is C10H14BrN3OS. The molecular weight excluding hydrogens is 290 g/mol. The maximum Gasteiger partial charge on any atom is 0.243 e. The van der Waals surface area contributed by atoms with Crippen molar-refractivity contribution in [2.75, 3.05) is 32.0 Å². The lowest BCUT2D eigenvalue weighted by Gasteiger charge is -2.29. The highest BCUT2D eigenvalue weighted by Gasteiger charge is 2.23. The zero-order valence-corrected chi connectivity index (χ0v) is 11.4. The third-order valence-electron chi connectivity index (χ3n) is 2.51. The molecule has 0 aromatic carbocycles. The summed E-state index contributed by atoms with van der Waals surface area (Å²) in [5.41, 5.74) is 0. The van der Waals surface area contributed by atoms with E-state index in [1.54, 1.807) is 0 Å². The maximum absolute atomic E-state index is 11.9. The van der Waals surface area contributed by atoms with Crippen LogP contribution in [0.1, 0.15) is 0 Å². The van der Waals surface area contributed by atoms with Gasteiger partial charge in [-0.05, 0) is 29.0 Å². The lowest BCUT2D eigenvalue weighted by molar-refractivity contribution is -0.119. The van der Waals surface area contributed by atoms with Crippen LogP contribution in [0.2, 0.25) is 0 Å². The number of carbonyl (C=O) groups excluding carboxylic acids is 1. The molecule has 1 amide bonds. The van der Waals surface area contributed by atoms with E-state index in [0.717, 1.165) is 29.1 Å². The summed E-state index contributed by atoms with van der Waals surface area (Å²) in [4.78, 5) is 14.1. The van der Waals surface area contributed by atoms with Gasteiger partial charge in [0, 0.05) is 29.5 Å². The number of hydrogen-bond acceptors (Lipinski definition) is 4. The van der Waals surface area contributed by atoms with Crippen LogP contribution in [0.3, 0.4) is 0 Å². The van der Waals surface area contributed by atoms with Crippen LogP contribution < -0.4 is 10.6 Å². The van der Waals surface area contributed by atoms with Gasteiger partial charge in [0.15, 0.2) is 0 Å². The molecule has 2 heterocycles. The van der Waals surface area contributed by atoms with Gasteiger partial charge in [0.2, 0.25) is 5.91 Å². The molecule has 2 N–H and O–H groups in total. The molecule has 0 saturated carbocycles. The van der Waals surface area contributed by atoms with Gasteiger partial charge in [-0.15, -0.1) is 11.3 Å². The predicted molar refractivity (Wildman–Crippen MR) is 69.9 cm³/mol. The highest BCUT2D eigenvalue weighted by Crippen LogP contribution is 2.24. The third-order valence-corrected chi connectivity index (χ3v) is 4.12. The minimum absolute atomic E-state index is 0.0425. The molecule has 0 aliphatic carbocycles. The first kappa shape index (κ1) is 12.0. The third kappa shape index (κ3) is 3.04. The molecule has 88 valence electrons. The van der Waals surface area contributed by atoms with Crippen LogP contribution in [-0.4, -0.2) is 43.5 Å². The molecule has 1 aromatic heterocycles. The molecule has 6 heteroatoms. The number of hydrogen-bond donors (Lipinski definition) is 2. The molecule has 1 atom stereocenters. The van der Waals surface area contributed by atoms with Gasteiger partial charge in [-0.1, -0.05) is 0 Å². The van der Waals surface area contributed by atoms with Gasteiger partial charge in [0.1, 0.15) is 0 Å². The fraction of sp³-hybridized carbons (Fsp3) is 0.500. The van der Waals surface area contributed by atoms with E-state index in [9.17, 15) is 4.79 Å². The van der Waals surface area contributed by atoms with Crippen molar-refractivity contribution in [2.24, 2.45) is 0 Å². The van der Waals surface area contributed by atoms with Gasteiger partial charge in [0.05, 0.1) is 11.0 Å². The van der Waals surface area contributed by atoms with Gasteiger partial charge >= 0.3 is 0 Å². The Morgan fingerprint density at radius 1 is 1.75 bits per heavy atom. The molecule has 16 heavy (non-hydrogen) atoms. The molecule has 2 rings (SSSR count). The van der Waals surface area contributed by atoms with Crippen LogP contribution in [-0.2, 0) is 4.79 Å². The van der Waals surface area contributed by atoms with E-state index in [0.29, 0.717) is 0 Å². The van der Waals surface area contributed by atoms with Crippen molar-refractivity contribution in [1.29, 1.82) is 0 Å². The molecule has 0 radical (unpaired) electrons. The van der Waals surface area contributed by atoms with Gasteiger partial charge in [0.25, 0.3) is 0 Å². The number of anilines is 1. The standard InChI is InChI=1S/C10H14BrN3OS/c1-14-3-2-12-8(5-14)10(15)13-9-4-7(11)6-16-9/h4,6,8,12H,2-3,5H2,1H3,(H,13,15). The Morgan fingerprint density at radius 2 is 2.56 bits per heavy atom. The molecule has 1 unspecified atom stereocenters. The van der Waals surface area contributed by atoms with Crippen LogP contribution in [0, 0.1) is 0 Å². The molecule has 4 nitrogen and oxygen atoms in total. The average Bonchev–Trinajstić information content (AvgIpc) is 2.64. The lowest BCUT2D eigenvalue weighted by atomic mass is 10.2. The molecule has 1 fully saturated rings. The zero-order chi connectivity index (χ0) is 11.5. The summed E-state index contributed by atoms with van der Waals surface area (Å²) in [5, 5.41) is 8.96. The molecule has 1 aliphatic rings. The van der Waals surface area contributed by atoms with Gasteiger partial charge in [-0.2, -0.15) is 0 Å². The van der Waals surface area contributed by atoms with E-state index in [2.05, 4.69) is 31.5 Å². The smallest absolute Gasteiger partial charge is 0.243 e. The highest BCUT2D eigenvalue weighted by molar-refractivity contribution is 9.10. The molecule has 0 spiro atoms. The van der Waals surface area contributed by atoms with Crippen LogP contribution >= 0.6 is 27.3 Å². The van der Waals surface area contributed by atoms with Crippen molar-refractivity contribution < 1.29 is 4.79 Å². The second-order valence-corrected chi connectivity index (χ2v) is 5.71. The summed E-state index contributed by atoms with van der Waals surface area (Å²) >= 11 is 4.89. The molecule has 1 saturated heterocycles. The number of carbonyl (C=O) groups is 1. The molecule has 1 aromatic rings. The first-order valence-corrected chi connectivity index (χ1v) is 6.79. The Kier molecular flexibility index (Phi) is 3.96. The predicted octanol–water partition coefficient (Wildman–Crippen LogP) is 1.35. The summed E-state index contributed by atoms with van der Waals surface area (Å²) < 4.78 is 1.00. The number of likely N-dealkylation sites (N-methyl/N-ethyl adjacent to an activating group) is 1. The van der Waals surface area contributed by atoms with Crippen LogP contribution in [0.25, 0.3) is 0 Å². The minimum atomic E-state index is -0.111. The van der Waals surface area contributed by atoms with Crippen molar-refractivity contribution in [3.05, 3.63) is 15.9 Å². The Morgan fingerprint density at radius 3 is 3.19 bits per heavy atom. The number of halogens is 1.